The van der Waals surface area contributed by atoms with Crippen LogP contribution in [-0.2, 0) is 4.79 Å². The molecule has 2 atom stereocenters. The van der Waals surface area contributed by atoms with E-state index >= 15 is 0 Å². The van der Waals surface area contributed by atoms with E-state index in [-0.39, 0.29) is 11.9 Å². The van der Waals surface area contributed by atoms with E-state index < -0.39 is 23.8 Å². The summed E-state index contributed by atoms with van der Waals surface area (Å²) in [6.45, 7) is 1.78. The fraction of sp³-hybridized carbons (Fsp3) is 0.286. The largest absolute Gasteiger partial charge is 0.348 e. The number of thioether (sulfide) groups is 1. The molecule has 7 heteroatoms. The van der Waals surface area contributed by atoms with E-state index in [1.165, 1.54) is 23.9 Å². The van der Waals surface area contributed by atoms with Crippen LogP contribution in [0.3, 0.4) is 0 Å². The van der Waals surface area contributed by atoms with Gasteiger partial charge in [0.05, 0.1) is 17.2 Å². The van der Waals surface area contributed by atoms with Crippen molar-refractivity contribution in [3.8, 4) is 0 Å². The second-order valence-corrected chi connectivity index (χ2v) is 7.59. The average Bonchev–Trinajstić information content (AvgIpc) is 2.94. The number of hydrogen-bond donors (Lipinski definition) is 1. The average molecular weight is 400 g/mol. The summed E-state index contributed by atoms with van der Waals surface area (Å²) in [5.41, 5.74) is 1.38. The Bertz CT molecular complexity index is 866. The number of amides is 3. The molecule has 3 amide bonds. The maximum atomic E-state index is 13.1. The molecule has 28 heavy (non-hydrogen) atoms. The normalized spacial score (nSPS) is 15.3. The number of carbonyl (C=O) groups excluding carboxylic acids is 3. The van der Waals surface area contributed by atoms with Gasteiger partial charge in [0.25, 0.3) is 11.8 Å². The second-order valence-electron chi connectivity index (χ2n) is 6.60. The maximum absolute atomic E-state index is 13.1. The van der Waals surface area contributed by atoms with Crippen molar-refractivity contribution in [3.63, 3.8) is 0 Å². The Hall–Kier alpha value is -2.67. The van der Waals surface area contributed by atoms with Crippen molar-refractivity contribution in [3.05, 3.63) is 71.0 Å². The van der Waals surface area contributed by atoms with Gasteiger partial charge in [-0.2, -0.15) is 11.8 Å². The van der Waals surface area contributed by atoms with Crippen LogP contribution in [0.25, 0.3) is 0 Å². The summed E-state index contributed by atoms with van der Waals surface area (Å²) in [6, 6.07) is 11.1. The quantitative estimate of drug-likeness (QED) is 0.724. The third kappa shape index (κ3) is 3.94. The monoisotopic (exact) mass is 400 g/mol. The highest BCUT2D eigenvalue weighted by Crippen LogP contribution is 2.26. The van der Waals surface area contributed by atoms with E-state index in [1.807, 2.05) is 6.26 Å². The van der Waals surface area contributed by atoms with Crippen molar-refractivity contribution in [2.75, 3.05) is 12.0 Å². The molecule has 1 N–H and O–H groups in total. The highest BCUT2D eigenvalue weighted by molar-refractivity contribution is 7.98. The molecule has 0 saturated carbocycles. The van der Waals surface area contributed by atoms with Crippen LogP contribution >= 0.6 is 11.8 Å². The molecule has 0 spiro atoms. The molecule has 1 aliphatic rings. The van der Waals surface area contributed by atoms with Crippen LogP contribution in [0.1, 0.15) is 45.7 Å². The lowest BCUT2D eigenvalue weighted by atomic mass is 10.1. The third-order valence-electron chi connectivity index (χ3n) is 4.76. The summed E-state index contributed by atoms with van der Waals surface area (Å²) in [6.07, 6.45) is 2.26. The number of benzene rings is 2. The number of halogens is 1. The summed E-state index contributed by atoms with van der Waals surface area (Å²) in [5, 5.41) is 2.85. The van der Waals surface area contributed by atoms with Crippen LogP contribution in [0.2, 0.25) is 0 Å². The Kier molecular flexibility index (Phi) is 6.14. The number of nitrogens with one attached hydrogen (secondary N) is 1. The Morgan fingerprint density at radius 1 is 1.07 bits per heavy atom. The van der Waals surface area contributed by atoms with Crippen molar-refractivity contribution in [2.45, 2.75) is 25.4 Å². The first-order chi connectivity index (χ1) is 13.4. The third-order valence-corrected chi connectivity index (χ3v) is 5.41. The summed E-state index contributed by atoms with van der Waals surface area (Å²) < 4.78 is 13.1. The van der Waals surface area contributed by atoms with Crippen molar-refractivity contribution < 1.29 is 18.8 Å². The van der Waals surface area contributed by atoms with E-state index in [2.05, 4.69) is 5.32 Å². The van der Waals surface area contributed by atoms with E-state index in [0.717, 1.165) is 10.5 Å². The number of carbonyl (C=O) groups is 3. The van der Waals surface area contributed by atoms with Gasteiger partial charge in [0.15, 0.2) is 0 Å². The number of fused-ring (bicyclic) bond motifs is 1. The first kappa shape index (κ1) is 20.1. The van der Waals surface area contributed by atoms with Gasteiger partial charge in [-0.25, -0.2) is 4.39 Å². The van der Waals surface area contributed by atoms with Crippen molar-refractivity contribution in [1.82, 2.24) is 10.2 Å². The lowest BCUT2D eigenvalue weighted by molar-refractivity contribution is -0.125. The molecule has 0 aromatic heterocycles. The molecular weight excluding hydrogens is 379 g/mol. The highest BCUT2D eigenvalue weighted by Gasteiger charge is 2.42. The summed E-state index contributed by atoms with van der Waals surface area (Å²) in [7, 11) is 0. The summed E-state index contributed by atoms with van der Waals surface area (Å²) in [4.78, 5) is 39.6. The molecule has 1 aliphatic heterocycles. The molecule has 0 aliphatic carbocycles. The minimum atomic E-state index is -0.900. The Balaban J connectivity index is 1.82. The first-order valence-corrected chi connectivity index (χ1v) is 10.3. The Morgan fingerprint density at radius 2 is 1.64 bits per heavy atom. The highest BCUT2D eigenvalue weighted by atomic mass is 32.2. The zero-order chi connectivity index (χ0) is 20.3. The van der Waals surface area contributed by atoms with E-state index in [4.69, 9.17) is 0 Å². The topological polar surface area (TPSA) is 66.5 Å². The Morgan fingerprint density at radius 3 is 2.18 bits per heavy atom. The second kappa shape index (κ2) is 8.56. The van der Waals surface area contributed by atoms with Crippen LogP contribution < -0.4 is 5.32 Å². The van der Waals surface area contributed by atoms with Gasteiger partial charge in [0.2, 0.25) is 5.91 Å². The molecule has 2 aromatic rings. The fourth-order valence-corrected chi connectivity index (χ4v) is 3.70. The van der Waals surface area contributed by atoms with Gasteiger partial charge in [0, 0.05) is 0 Å². The molecule has 2 aromatic carbocycles. The van der Waals surface area contributed by atoms with E-state index in [1.54, 1.807) is 43.3 Å². The van der Waals surface area contributed by atoms with Gasteiger partial charge >= 0.3 is 0 Å². The molecule has 146 valence electrons. The van der Waals surface area contributed by atoms with Crippen LogP contribution in [0.15, 0.2) is 48.5 Å². The van der Waals surface area contributed by atoms with Crippen LogP contribution in [0.4, 0.5) is 4.39 Å². The lowest BCUT2D eigenvalue weighted by Gasteiger charge is -2.27. The van der Waals surface area contributed by atoms with Crippen LogP contribution in [-0.4, -0.2) is 40.7 Å². The molecule has 0 radical (unpaired) electrons. The van der Waals surface area contributed by atoms with Crippen LogP contribution in [0.5, 0.6) is 0 Å². The fourth-order valence-electron chi connectivity index (χ4n) is 3.24. The smallest absolute Gasteiger partial charge is 0.262 e. The Labute approximate surface area is 167 Å². The molecule has 1 heterocycles. The molecule has 3 rings (SSSR count). The molecule has 0 unspecified atom stereocenters. The van der Waals surface area contributed by atoms with Gasteiger partial charge in [-0.05, 0) is 55.2 Å². The molecule has 5 nitrogen and oxygen atoms in total. The summed E-state index contributed by atoms with van der Waals surface area (Å²) >= 11 is 1.54. The zero-order valence-corrected chi connectivity index (χ0v) is 16.5. The van der Waals surface area contributed by atoms with Crippen LogP contribution in [0, 0.1) is 5.82 Å². The number of imide groups is 1. The maximum Gasteiger partial charge on any atom is 0.262 e. The van der Waals surface area contributed by atoms with Gasteiger partial charge in [-0.1, -0.05) is 24.3 Å². The molecule has 0 fully saturated rings. The minimum absolute atomic E-state index is 0.320. The minimum Gasteiger partial charge on any atom is -0.348 e. The lowest BCUT2D eigenvalue weighted by Crippen LogP contribution is -2.50. The number of nitrogens with zero attached hydrogens (tertiary/aromatic N) is 1. The SMILES string of the molecule is CSCC[C@H](C(=O)N[C@@H](C)c1ccc(F)cc1)N1C(=O)c2ccccc2C1=O. The number of hydrogen-bond acceptors (Lipinski definition) is 4. The van der Waals surface area contributed by atoms with E-state index in [9.17, 15) is 18.8 Å². The summed E-state index contributed by atoms with van der Waals surface area (Å²) in [5.74, 6) is -1.03. The zero-order valence-electron chi connectivity index (χ0n) is 15.6. The first-order valence-electron chi connectivity index (χ1n) is 8.95. The van der Waals surface area contributed by atoms with Crippen molar-refractivity contribution in [2.24, 2.45) is 0 Å². The van der Waals surface area contributed by atoms with E-state index in [0.29, 0.717) is 23.3 Å². The van der Waals surface area contributed by atoms with Crippen molar-refractivity contribution >= 4 is 29.5 Å². The molecular formula is C21H21FN2O3S. The van der Waals surface area contributed by atoms with Gasteiger partial charge in [-0.3, -0.25) is 19.3 Å². The van der Waals surface area contributed by atoms with Gasteiger partial charge in [-0.15, -0.1) is 0 Å². The molecule has 0 bridgehead atoms. The standard InChI is InChI=1S/C21H21FN2O3S/c1-13(14-7-9-15(22)10-8-14)23-19(25)18(11-12-28-2)24-20(26)16-5-3-4-6-17(16)21(24)27/h3-10,13,18H,11-12H2,1-2H3,(H,23,25)/t13-,18+/m0/s1. The van der Waals surface area contributed by atoms with Gasteiger partial charge in [0.1, 0.15) is 11.9 Å². The predicted molar refractivity (Wildman–Crippen MR) is 107 cm³/mol. The molecule has 0 saturated heterocycles. The predicted octanol–water partition coefficient (Wildman–Crippen LogP) is 3.42. The number of rotatable bonds is 7. The van der Waals surface area contributed by atoms with Gasteiger partial charge < -0.3 is 5.32 Å². The van der Waals surface area contributed by atoms with Crippen molar-refractivity contribution in [1.29, 1.82) is 0 Å².